The third-order valence-corrected chi connectivity index (χ3v) is 6.57. The summed E-state index contributed by atoms with van der Waals surface area (Å²) in [6.07, 6.45) is 8.40. The van der Waals surface area contributed by atoms with E-state index in [1.54, 1.807) is 0 Å². The fraction of sp³-hybridized carbons (Fsp3) is 0.909. The SMILES string of the molecule is CCC(CC(C)C(=O)OC(C)(C)C)C(=O)OC12CC3CC(CC(C3)C1)C2. The lowest BCUT2D eigenvalue weighted by Gasteiger charge is -2.55. The molecule has 0 N–H and O–H groups in total. The van der Waals surface area contributed by atoms with Crippen molar-refractivity contribution >= 4 is 11.9 Å². The zero-order chi connectivity index (χ0) is 19.1. The molecule has 2 unspecified atom stereocenters. The van der Waals surface area contributed by atoms with Crippen molar-refractivity contribution in [1.82, 2.24) is 0 Å². The van der Waals surface area contributed by atoms with E-state index in [9.17, 15) is 9.59 Å². The van der Waals surface area contributed by atoms with Gasteiger partial charge in [-0.1, -0.05) is 13.8 Å². The number of ether oxygens (including phenoxy) is 2. The monoisotopic (exact) mass is 364 g/mol. The molecule has 0 heterocycles. The molecule has 4 aliphatic carbocycles. The lowest BCUT2D eigenvalue weighted by atomic mass is 9.54. The van der Waals surface area contributed by atoms with Crippen LogP contribution in [0.3, 0.4) is 0 Å². The Morgan fingerprint density at radius 1 is 1.00 bits per heavy atom. The molecule has 26 heavy (non-hydrogen) atoms. The Hall–Kier alpha value is -1.06. The standard InChI is InChI=1S/C22H36O4/c1-6-18(7-14(2)19(23)25-21(3,4)5)20(24)26-22-11-15-8-16(12-22)10-17(9-15)13-22/h14-18H,6-13H2,1-5H3. The van der Waals surface area contributed by atoms with Gasteiger partial charge >= 0.3 is 11.9 Å². The van der Waals surface area contributed by atoms with E-state index in [0.717, 1.165) is 37.0 Å². The van der Waals surface area contributed by atoms with Crippen molar-refractivity contribution in [2.45, 2.75) is 97.2 Å². The Morgan fingerprint density at radius 2 is 1.50 bits per heavy atom. The van der Waals surface area contributed by atoms with E-state index in [4.69, 9.17) is 9.47 Å². The van der Waals surface area contributed by atoms with Crippen molar-refractivity contribution < 1.29 is 19.1 Å². The summed E-state index contributed by atoms with van der Waals surface area (Å²) < 4.78 is 11.7. The van der Waals surface area contributed by atoms with Gasteiger partial charge in [-0.15, -0.1) is 0 Å². The van der Waals surface area contributed by atoms with Crippen molar-refractivity contribution in [3.63, 3.8) is 0 Å². The number of carbonyl (C=O) groups excluding carboxylic acids is 2. The van der Waals surface area contributed by atoms with Gasteiger partial charge < -0.3 is 9.47 Å². The molecule has 4 saturated carbocycles. The molecule has 0 radical (unpaired) electrons. The molecule has 0 amide bonds. The highest BCUT2D eigenvalue weighted by atomic mass is 16.6. The third kappa shape index (κ3) is 4.43. The van der Waals surface area contributed by atoms with Crippen molar-refractivity contribution in [2.75, 3.05) is 0 Å². The maximum absolute atomic E-state index is 12.9. The molecule has 4 bridgehead atoms. The average Bonchev–Trinajstić information content (AvgIpc) is 2.48. The maximum atomic E-state index is 12.9. The second kappa shape index (κ2) is 7.16. The van der Waals surface area contributed by atoms with E-state index in [1.165, 1.54) is 19.3 Å². The van der Waals surface area contributed by atoms with Gasteiger partial charge in [0.25, 0.3) is 0 Å². The van der Waals surface area contributed by atoms with Crippen LogP contribution >= 0.6 is 0 Å². The maximum Gasteiger partial charge on any atom is 0.309 e. The molecule has 4 heteroatoms. The van der Waals surface area contributed by atoms with Crippen LogP contribution in [0.2, 0.25) is 0 Å². The highest BCUT2D eigenvalue weighted by Crippen LogP contribution is 2.57. The van der Waals surface area contributed by atoms with Crippen molar-refractivity contribution in [1.29, 1.82) is 0 Å². The summed E-state index contributed by atoms with van der Waals surface area (Å²) in [6, 6.07) is 0. The van der Waals surface area contributed by atoms with Gasteiger partial charge in [-0.3, -0.25) is 9.59 Å². The van der Waals surface area contributed by atoms with Gasteiger partial charge in [0.1, 0.15) is 11.2 Å². The van der Waals surface area contributed by atoms with Gasteiger partial charge in [-0.25, -0.2) is 0 Å². The minimum Gasteiger partial charge on any atom is -0.460 e. The number of hydrogen-bond acceptors (Lipinski definition) is 4. The Kier molecular flexibility index (Phi) is 5.43. The molecule has 0 aromatic heterocycles. The summed E-state index contributed by atoms with van der Waals surface area (Å²) in [7, 11) is 0. The summed E-state index contributed by atoms with van der Waals surface area (Å²) in [5.74, 6) is 1.46. The quantitative estimate of drug-likeness (QED) is 0.630. The Morgan fingerprint density at radius 3 is 1.92 bits per heavy atom. The first kappa shape index (κ1) is 19.7. The van der Waals surface area contributed by atoms with E-state index in [0.29, 0.717) is 12.8 Å². The lowest BCUT2D eigenvalue weighted by Crippen LogP contribution is -2.53. The molecule has 4 nitrogen and oxygen atoms in total. The minimum atomic E-state index is -0.493. The normalized spacial score (nSPS) is 35.0. The van der Waals surface area contributed by atoms with Crippen LogP contribution in [0, 0.1) is 29.6 Å². The van der Waals surface area contributed by atoms with Crippen LogP contribution < -0.4 is 0 Å². The van der Waals surface area contributed by atoms with Gasteiger partial charge in [0.2, 0.25) is 0 Å². The van der Waals surface area contributed by atoms with Crippen molar-refractivity contribution in [3.8, 4) is 0 Å². The first-order chi connectivity index (χ1) is 12.1. The summed E-state index contributed by atoms with van der Waals surface area (Å²) in [5, 5.41) is 0. The summed E-state index contributed by atoms with van der Waals surface area (Å²) in [4.78, 5) is 25.2. The van der Waals surface area contributed by atoms with Gasteiger partial charge in [0, 0.05) is 0 Å². The molecule has 4 fully saturated rings. The number of hydrogen-bond donors (Lipinski definition) is 0. The highest BCUT2D eigenvalue weighted by molar-refractivity contribution is 5.76. The smallest absolute Gasteiger partial charge is 0.309 e. The fourth-order valence-corrected chi connectivity index (χ4v) is 5.81. The molecular formula is C22H36O4. The molecule has 0 aliphatic heterocycles. The van der Waals surface area contributed by atoms with E-state index in [1.807, 2.05) is 34.6 Å². The predicted octanol–water partition coefficient (Wildman–Crippen LogP) is 4.89. The molecule has 0 spiro atoms. The molecule has 0 aromatic carbocycles. The zero-order valence-corrected chi connectivity index (χ0v) is 17.2. The molecule has 0 saturated heterocycles. The average molecular weight is 365 g/mol. The van der Waals surface area contributed by atoms with Crippen LogP contribution in [0.1, 0.15) is 86.0 Å². The van der Waals surface area contributed by atoms with E-state index < -0.39 is 5.60 Å². The number of rotatable bonds is 6. The van der Waals surface area contributed by atoms with Gasteiger partial charge in [-0.05, 0) is 89.9 Å². The molecular weight excluding hydrogens is 328 g/mol. The minimum absolute atomic E-state index is 0.0927. The summed E-state index contributed by atoms with van der Waals surface area (Å²) in [5.41, 5.74) is -0.693. The van der Waals surface area contributed by atoms with E-state index in [2.05, 4.69) is 0 Å². The highest BCUT2D eigenvalue weighted by Gasteiger charge is 2.53. The second-order valence-corrected chi connectivity index (χ2v) is 10.3. The van der Waals surface area contributed by atoms with Crippen LogP contribution in [-0.4, -0.2) is 23.1 Å². The molecule has 2 atom stereocenters. The summed E-state index contributed by atoms with van der Waals surface area (Å²) >= 11 is 0. The van der Waals surface area contributed by atoms with E-state index in [-0.39, 0.29) is 29.4 Å². The van der Waals surface area contributed by atoms with Crippen LogP contribution in [0.25, 0.3) is 0 Å². The van der Waals surface area contributed by atoms with Gasteiger partial charge in [0.15, 0.2) is 0 Å². The van der Waals surface area contributed by atoms with Gasteiger partial charge in [0.05, 0.1) is 11.8 Å². The number of esters is 2. The van der Waals surface area contributed by atoms with E-state index >= 15 is 0 Å². The lowest BCUT2D eigenvalue weighted by molar-refractivity contribution is -0.191. The van der Waals surface area contributed by atoms with Crippen molar-refractivity contribution in [3.05, 3.63) is 0 Å². The van der Waals surface area contributed by atoms with Crippen molar-refractivity contribution in [2.24, 2.45) is 29.6 Å². The first-order valence-electron chi connectivity index (χ1n) is 10.5. The topological polar surface area (TPSA) is 52.6 Å². The van der Waals surface area contributed by atoms with Crippen LogP contribution in [0.5, 0.6) is 0 Å². The van der Waals surface area contributed by atoms with Gasteiger partial charge in [-0.2, -0.15) is 0 Å². The van der Waals surface area contributed by atoms with Crippen LogP contribution in [-0.2, 0) is 19.1 Å². The fourth-order valence-electron chi connectivity index (χ4n) is 5.81. The molecule has 148 valence electrons. The Bertz CT molecular complexity index is 510. The Balaban J connectivity index is 1.58. The molecule has 0 aromatic rings. The number of carbonyl (C=O) groups is 2. The second-order valence-electron chi connectivity index (χ2n) is 10.3. The first-order valence-corrected chi connectivity index (χ1v) is 10.5. The van der Waals surface area contributed by atoms with Crippen LogP contribution in [0.15, 0.2) is 0 Å². The molecule has 4 rings (SSSR count). The molecule has 4 aliphatic rings. The largest absolute Gasteiger partial charge is 0.460 e. The third-order valence-electron chi connectivity index (χ3n) is 6.57. The van der Waals surface area contributed by atoms with Crippen LogP contribution in [0.4, 0.5) is 0 Å². The zero-order valence-electron chi connectivity index (χ0n) is 17.2. The predicted molar refractivity (Wildman–Crippen MR) is 100 cm³/mol. The summed E-state index contributed by atoms with van der Waals surface area (Å²) in [6.45, 7) is 9.48. The Labute approximate surface area is 158 Å².